The first-order chi connectivity index (χ1) is 15.8. The number of halogens is 4. The van der Waals surface area contributed by atoms with Crippen LogP contribution < -0.4 is 15.8 Å². The Labute approximate surface area is 179 Å². The highest BCUT2D eigenvalue weighted by Gasteiger charge is 2.46. The molecular formula is C18H16BrF3N4O3. The number of nitrogens with two attached hydrogens (primary N) is 1. The fourth-order valence-corrected chi connectivity index (χ4v) is 2.87. The van der Waals surface area contributed by atoms with Gasteiger partial charge in [0.2, 0.25) is 5.88 Å². The van der Waals surface area contributed by atoms with Crippen LogP contribution in [0.1, 0.15) is 18.0 Å². The monoisotopic (exact) mass is 477 g/mol. The van der Waals surface area contributed by atoms with E-state index in [0.717, 1.165) is 18.2 Å². The second kappa shape index (κ2) is 8.37. The Morgan fingerprint density at radius 1 is 1.55 bits per heavy atom. The standard InChI is InChI=1S/C18H16BrF3N4O3/c1-9-4-10(19)6-24-15(9)29-17(27)25-11-2-3-13(20)12(5-11)18(16(21)22)8-28-7-14(23)26-18/h2-6,16H,7-8H2,1H3,(H2,23,26)(H,25,27)/t18-/m0/s1/i1D3,4D,6D. The number of pyridine rings is 1. The number of carbonyl (C=O) groups is 1. The summed E-state index contributed by atoms with van der Waals surface area (Å²) in [6.45, 7) is -3.79. The average molecular weight is 478 g/mol. The van der Waals surface area contributed by atoms with E-state index >= 15 is 0 Å². The van der Waals surface area contributed by atoms with E-state index in [2.05, 4.69) is 31.2 Å². The van der Waals surface area contributed by atoms with Gasteiger partial charge in [0.1, 0.15) is 18.3 Å². The minimum absolute atomic E-state index is 0.203. The Morgan fingerprint density at radius 2 is 2.34 bits per heavy atom. The van der Waals surface area contributed by atoms with E-state index in [-0.39, 0.29) is 22.6 Å². The number of anilines is 1. The maximum Gasteiger partial charge on any atom is 0.418 e. The molecule has 11 heteroatoms. The molecule has 1 aliphatic rings. The largest absolute Gasteiger partial charge is 0.418 e. The molecule has 0 aliphatic carbocycles. The third-order valence-electron chi connectivity index (χ3n) is 3.85. The van der Waals surface area contributed by atoms with Crippen molar-refractivity contribution in [1.29, 1.82) is 0 Å². The number of benzene rings is 1. The van der Waals surface area contributed by atoms with Crippen LogP contribution in [-0.4, -0.2) is 36.6 Å². The molecule has 7 nitrogen and oxygen atoms in total. The molecule has 1 atom stereocenters. The van der Waals surface area contributed by atoms with E-state index in [0.29, 0.717) is 0 Å². The van der Waals surface area contributed by atoms with Gasteiger partial charge in [-0.2, -0.15) is 0 Å². The molecule has 2 heterocycles. The molecule has 1 amide bonds. The van der Waals surface area contributed by atoms with E-state index in [1.54, 1.807) is 0 Å². The number of ether oxygens (including phenoxy) is 2. The Kier molecular flexibility index (Phi) is 4.39. The summed E-state index contributed by atoms with van der Waals surface area (Å²) in [6.07, 6.45) is -5.09. The average Bonchev–Trinajstić information content (AvgIpc) is 2.72. The summed E-state index contributed by atoms with van der Waals surface area (Å²) in [7, 11) is 0. The number of carbonyl (C=O) groups excluding carboxylic acids is 1. The van der Waals surface area contributed by atoms with Gasteiger partial charge in [-0.05, 0) is 47.0 Å². The van der Waals surface area contributed by atoms with Crippen molar-refractivity contribution in [3.63, 3.8) is 0 Å². The highest BCUT2D eigenvalue weighted by atomic mass is 79.9. The number of rotatable bonds is 4. The topological polar surface area (TPSA) is 98.8 Å². The molecule has 154 valence electrons. The smallest absolute Gasteiger partial charge is 0.391 e. The number of aliphatic imine (C=N–C) groups is 1. The SMILES string of the molecule is [2H]c1nc(OC(=O)Nc2ccc(F)c([C@]3(C(F)F)COCC(N)=N3)c2)c(C([2H])([2H])[2H])c([2H])c1Br. The fourth-order valence-electron chi connectivity index (χ4n) is 2.59. The van der Waals surface area contributed by atoms with Gasteiger partial charge in [0.25, 0.3) is 6.43 Å². The third kappa shape index (κ3) is 4.51. The summed E-state index contributed by atoms with van der Waals surface area (Å²) in [6, 6.07) is 2.12. The lowest BCUT2D eigenvalue weighted by molar-refractivity contribution is -0.0145. The second-order valence-electron chi connectivity index (χ2n) is 5.87. The zero-order valence-electron chi connectivity index (χ0n) is 19.4. The number of hydrogen-bond donors (Lipinski definition) is 2. The minimum atomic E-state index is -3.21. The first-order valence-electron chi connectivity index (χ1n) is 10.4. The Morgan fingerprint density at radius 3 is 3.03 bits per heavy atom. The molecule has 3 N–H and O–H groups in total. The summed E-state index contributed by atoms with van der Waals surface area (Å²) in [5.74, 6) is -2.14. The quantitative estimate of drug-likeness (QED) is 0.698. The van der Waals surface area contributed by atoms with Gasteiger partial charge in [0, 0.05) is 31.6 Å². The zero-order valence-corrected chi connectivity index (χ0v) is 16.0. The Hall–Kier alpha value is -2.66. The third-order valence-corrected chi connectivity index (χ3v) is 4.22. The van der Waals surface area contributed by atoms with Crippen LogP contribution >= 0.6 is 15.9 Å². The van der Waals surface area contributed by atoms with Crippen LogP contribution in [-0.2, 0) is 10.3 Å². The van der Waals surface area contributed by atoms with Crippen molar-refractivity contribution in [2.24, 2.45) is 10.7 Å². The molecule has 29 heavy (non-hydrogen) atoms. The second-order valence-corrected chi connectivity index (χ2v) is 6.67. The molecule has 0 fully saturated rings. The lowest BCUT2D eigenvalue weighted by Crippen LogP contribution is -2.45. The number of amides is 1. The van der Waals surface area contributed by atoms with Gasteiger partial charge < -0.3 is 15.2 Å². The van der Waals surface area contributed by atoms with Crippen molar-refractivity contribution in [2.75, 3.05) is 18.5 Å². The van der Waals surface area contributed by atoms with Crippen LogP contribution in [0.15, 0.2) is 39.9 Å². The summed E-state index contributed by atoms with van der Waals surface area (Å²) in [4.78, 5) is 19.7. The van der Waals surface area contributed by atoms with Crippen molar-refractivity contribution in [3.05, 3.63) is 51.8 Å². The summed E-state index contributed by atoms with van der Waals surface area (Å²) >= 11 is 2.88. The van der Waals surface area contributed by atoms with E-state index in [9.17, 15) is 18.0 Å². The van der Waals surface area contributed by atoms with Crippen LogP contribution in [0.4, 0.5) is 23.7 Å². The predicted molar refractivity (Wildman–Crippen MR) is 103 cm³/mol. The van der Waals surface area contributed by atoms with Crippen molar-refractivity contribution >= 4 is 33.5 Å². The number of aromatic nitrogens is 1. The molecule has 0 saturated heterocycles. The van der Waals surface area contributed by atoms with E-state index in [1.807, 2.05) is 0 Å². The van der Waals surface area contributed by atoms with Gasteiger partial charge in [-0.3, -0.25) is 10.3 Å². The van der Waals surface area contributed by atoms with Crippen LogP contribution in [0.25, 0.3) is 0 Å². The molecule has 1 aromatic heterocycles. The number of nitrogens with zero attached hydrogens (tertiary/aromatic N) is 2. The molecule has 1 aliphatic heterocycles. The van der Waals surface area contributed by atoms with Crippen LogP contribution in [0.3, 0.4) is 0 Å². The first kappa shape index (κ1) is 15.2. The summed E-state index contributed by atoms with van der Waals surface area (Å²) in [5, 5.41) is 2.15. The molecule has 0 unspecified atom stereocenters. The van der Waals surface area contributed by atoms with Crippen molar-refractivity contribution in [3.8, 4) is 5.88 Å². The zero-order chi connectivity index (χ0) is 25.4. The van der Waals surface area contributed by atoms with Gasteiger partial charge in [0.05, 0.1) is 9.35 Å². The molecule has 0 saturated carbocycles. The van der Waals surface area contributed by atoms with E-state index < -0.39 is 66.6 Å². The molecular weight excluding hydrogens is 457 g/mol. The fraction of sp³-hybridized carbons (Fsp3) is 0.278. The molecule has 0 bridgehead atoms. The van der Waals surface area contributed by atoms with Crippen LogP contribution in [0.5, 0.6) is 5.88 Å². The molecule has 3 rings (SSSR count). The van der Waals surface area contributed by atoms with E-state index in [1.165, 1.54) is 0 Å². The lowest BCUT2D eigenvalue weighted by Gasteiger charge is -2.33. The van der Waals surface area contributed by atoms with Gasteiger partial charge in [-0.1, -0.05) is 0 Å². The van der Waals surface area contributed by atoms with E-state index in [4.69, 9.17) is 22.1 Å². The van der Waals surface area contributed by atoms with Crippen molar-refractivity contribution in [1.82, 2.24) is 4.98 Å². The van der Waals surface area contributed by atoms with Crippen molar-refractivity contribution in [2.45, 2.75) is 18.8 Å². The van der Waals surface area contributed by atoms with Crippen LogP contribution in [0.2, 0.25) is 0 Å². The van der Waals surface area contributed by atoms with Gasteiger partial charge >= 0.3 is 6.09 Å². The maximum absolute atomic E-state index is 14.5. The molecule has 1 aromatic carbocycles. The molecule has 0 radical (unpaired) electrons. The van der Waals surface area contributed by atoms with Gasteiger partial charge in [-0.25, -0.2) is 22.9 Å². The lowest BCUT2D eigenvalue weighted by atomic mass is 9.90. The predicted octanol–water partition coefficient (Wildman–Crippen LogP) is 3.75. The highest BCUT2D eigenvalue weighted by molar-refractivity contribution is 9.10. The van der Waals surface area contributed by atoms with Gasteiger partial charge in [0.15, 0.2) is 5.54 Å². The molecule has 0 spiro atoms. The summed E-state index contributed by atoms with van der Waals surface area (Å²) in [5.41, 5.74) is 1.53. The normalized spacial score (nSPS) is 22.0. The van der Waals surface area contributed by atoms with Crippen molar-refractivity contribution < 1.29 is 34.3 Å². The maximum atomic E-state index is 14.5. The van der Waals surface area contributed by atoms with Crippen LogP contribution in [0, 0.1) is 12.7 Å². The Balaban J connectivity index is 1.94. The Bertz CT molecular complexity index is 1170. The number of alkyl halides is 2. The summed E-state index contributed by atoms with van der Waals surface area (Å²) < 4.78 is 90.4. The number of hydrogen-bond acceptors (Lipinski definition) is 6. The van der Waals surface area contributed by atoms with Gasteiger partial charge in [-0.15, -0.1) is 0 Å². The highest BCUT2D eigenvalue weighted by Crippen LogP contribution is 2.38. The number of nitrogens with one attached hydrogen (secondary N) is 1. The molecule has 2 aromatic rings. The number of amidine groups is 1. The minimum Gasteiger partial charge on any atom is -0.391 e. The first-order valence-corrected chi connectivity index (χ1v) is 8.71.